The van der Waals surface area contributed by atoms with Crippen LogP contribution < -0.4 is 5.32 Å². The smallest absolute Gasteiger partial charge is 0.263 e. The third-order valence-corrected chi connectivity index (χ3v) is 5.63. The zero-order valence-electron chi connectivity index (χ0n) is 11.9. The number of amides is 2. The van der Waals surface area contributed by atoms with Gasteiger partial charge in [0.15, 0.2) is 0 Å². The van der Waals surface area contributed by atoms with Gasteiger partial charge in [-0.15, -0.1) is 11.3 Å². The summed E-state index contributed by atoms with van der Waals surface area (Å²) in [7, 11) is 0. The van der Waals surface area contributed by atoms with E-state index in [1.165, 1.54) is 10.4 Å². The predicted octanol–water partition coefficient (Wildman–Crippen LogP) is 2.11. The standard InChI is InChI=1S/C15H20N2O2S/c1-9-7-13(20-10(9)2)15(19)17-6-5-12-11(8-17)3-4-14(18)16-12/h7,11-12H,3-6,8H2,1-2H3,(H,16,18). The predicted molar refractivity (Wildman–Crippen MR) is 79.0 cm³/mol. The van der Waals surface area contributed by atoms with Gasteiger partial charge in [-0.05, 0) is 44.2 Å². The molecule has 2 fully saturated rings. The fraction of sp³-hybridized carbons (Fsp3) is 0.600. The zero-order chi connectivity index (χ0) is 14.3. The van der Waals surface area contributed by atoms with Crippen molar-refractivity contribution in [2.45, 2.75) is 39.2 Å². The van der Waals surface area contributed by atoms with E-state index in [4.69, 9.17) is 0 Å². The summed E-state index contributed by atoms with van der Waals surface area (Å²) in [6.45, 7) is 5.63. The first-order valence-corrected chi connectivity index (χ1v) is 8.02. The highest BCUT2D eigenvalue weighted by Crippen LogP contribution is 2.28. The summed E-state index contributed by atoms with van der Waals surface area (Å²) in [6.07, 6.45) is 2.38. The van der Waals surface area contributed by atoms with Gasteiger partial charge in [-0.2, -0.15) is 0 Å². The quantitative estimate of drug-likeness (QED) is 0.862. The van der Waals surface area contributed by atoms with Gasteiger partial charge in [0.1, 0.15) is 0 Å². The van der Waals surface area contributed by atoms with Gasteiger partial charge in [0, 0.05) is 30.4 Å². The number of piperidine rings is 2. The molecule has 1 aromatic heterocycles. The number of thiophene rings is 1. The van der Waals surface area contributed by atoms with Crippen molar-refractivity contribution < 1.29 is 9.59 Å². The molecule has 1 aromatic rings. The minimum absolute atomic E-state index is 0.154. The third kappa shape index (κ3) is 2.46. The fourth-order valence-electron chi connectivity index (χ4n) is 3.13. The van der Waals surface area contributed by atoms with Gasteiger partial charge >= 0.3 is 0 Å². The third-order valence-electron chi connectivity index (χ3n) is 4.49. The Balaban J connectivity index is 1.70. The molecule has 0 saturated carbocycles. The number of nitrogens with one attached hydrogen (secondary N) is 1. The van der Waals surface area contributed by atoms with Crippen LogP contribution in [-0.2, 0) is 4.79 Å². The Bertz CT molecular complexity index is 533. The Morgan fingerprint density at radius 2 is 2.20 bits per heavy atom. The summed E-state index contributed by atoms with van der Waals surface area (Å²) in [6, 6.07) is 2.27. The van der Waals surface area contributed by atoms with Crippen LogP contribution in [0.2, 0.25) is 0 Å². The van der Waals surface area contributed by atoms with Crippen LogP contribution in [0.5, 0.6) is 0 Å². The second-order valence-corrected chi connectivity index (χ2v) is 7.12. The maximum atomic E-state index is 12.6. The molecular weight excluding hydrogens is 272 g/mol. The van der Waals surface area contributed by atoms with Crippen molar-refractivity contribution in [1.29, 1.82) is 0 Å². The van der Waals surface area contributed by atoms with Gasteiger partial charge in [-0.1, -0.05) is 0 Å². The number of hydrogen-bond donors (Lipinski definition) is 1. The van der Waals surface area contributed by atoms with E-state index >= 15 is 0 Å². The van der Waals surface area contributed by atoms with E-state index in [9.17, 15) is 9.59 Å². The lowest BCUT2D eigenvalue weighted by Gasteiger charge is -2.41. The average molecular weight is 292 g/mol. The molecule has 2 aliphatic rings. The molecule has 2 unspecified atom stereocenters. The van der Waals surface area contributed by atoms with E-state index in [0.717, 1.165) is 30.8 Å². The second-order valence-electron chi connectivity index (χ2n) is 5.86. The van der Waals surface area contributed by atoms with Crippen molar-refractivity contribution in [3.63, 3.8) is 0 Å². The lowest BCUT2D eigenvalue weighted by atomic mass is 9.85. The van der Waals surface area contributed by atoms with Gasteiger partial charge in [-0.3, -0.25) is 9.59 Å². The van der Waals surface area contributed by atoms with Crippen LogP contribution in [0.3, 0.4) is 0 Å². The maximum Gasteiger partial charge on any atom is 0.263 e. The number of rotatable bonds is 1. The van der Waals surface area contributed by atoms with E-state index < -0.39 is 0 Å². The van der Waals surface area contributed by atoms with E-state index in [-0.39, 0.29) is 17.9 Å². The highest BCUT2D eigenvalue weighted by Gasteiger charge is 2.35. The molecule has 2 saturated heterocycles. The van der Waals surface area contributed by atoms with Crippen molar-refractivity contribution in [2.24, 2.45) is 5.92 Å². The summed E-state index contributed by atoms with van der Waals surface area (Å²) >= 11 is 1.58. The molecule has 3 heterocycles. The van der Waals surface area contributed by atoms with Gasteiger partial charge < -0.3 is 10.2 Å². The number of fused-ring (bicyclic) bond motifs is 1. The molecule has 4 nitrogen and oxygen atoms in total. The molecule has 2 aliphatic heterocycles. The largest absolute Gasteiger partial charge is 0.353 e. The van der Waals surface area contributed by atoms with Gasteiger partial charge in [0.05, 0.1) is 4.88 Å². The van der Waals surface area contributed by atoms with Crippen LogP contribution in [0.25, 0.3) is 0 Å². The van der Waals surface area contributed by atoms with Crippen molar-refractivity contribution in [3.05, 3.63) is 21.4 Å². The first kappa shape index (κ1) is 13.6. The number of nitrogens with zero attached hydrogens (tertiary/aromatic N) is 1. The van der Waals surface area contributed by atoms with Crippen LogP contribution in [0.15, 0.2) is 6.07 Å². The number of carbonyl (C=O) groups is 2. The summed E-state index contributed by atoms with van der Waals surface area (Å²) in [5, 5.41) is 3.06. The first-order valence-electron chi connectivity index (χ1n) is 7.20. The van der Waals surface area contributed by atoms with Crippen molar-refractivity contribution >= 4 is 23.2 Å². The molecular formula is C15H20N2O2S. The SMILES string of the molecule is Cc1cc(C(=O)N2CCC3NC(=O)CCC3C2)sc1C. The van der Waals surface area contributed by atoms with Gasteiger partial charge in [0.25, 0.3) is 5.91 Å². The van der Waals surface area contributed by atoms with E-state index in [1.807, 2.05) is 17.9 Å². The molecule has 2 atom stereocenters. The minimum Gasteiger partial charge on any atom is -0.353 e. The molecule has 0 aliphatic carbocycles. The molecule has 0 spiro atoms. The number of likely N-dealkylation sites (tertiary alicyclic amines) is 1. The summed E-state index contributed by atoms with van der Waals surface area (Å²) in [5.74, 6) is 0.740. The van der Waals surface area contributed by atoms with Crippen molar-refractivity contribution in [1.82, 2.24) is 10.2 Å². The number of aryl methyl sites for hydroxylation is 2. The van der Waals surface area contributed by atoms with Crippen molar-refractivity contribution in [2.75, 3.05) is 13.1 Å². The maximum absolute atomic E-state index is 12.6. The highest BCUT2D eigenvalue weighted by molar-refractivity contribution is 7.14. The molecule has 0 bridgehead atoms. The Hall–Kier alpha value is -1.36. The summed E-state index contributed by atoms with van der Waals surface area (Å²) in [4.78, 5) is 28.0. The van der Waals surface area contributed by atoms with E-state index in [2.05, 4.69) is 12.2 Å². The Morgan fingerprint density at radius 1 is 1.40 bits per heavy atom. The minimum atomic E-state index is 0.154. The van der Waals surface area contributed by atoms with Crippen LogP contribution in [0.4, 0.5) is 0 Å². The summed E-state index contributed by atoms with van der Waals surface area (Å²) in [5.41, 5.74) is 1.19. The molecule has 20 heavy (non-hydrogen) atoms. The Kier molecular flexibility index (Phi) is 3.54. The van der Waals surface area contributed by atoms with Crippen LogP contribution in [0, 0.1) is 19.8 Å². The molecule has 0 radical (unpaired) electrons. The number of hydrogen-bond acceptors (Lipinski definition) is 3. The molecule has 2 amide bonds. The molecule has 1 N–H and O–H groups in total. The van der Waals surface area contributed by atoms with Gasteiger partial charge in [-0.25, -0.2) is 0 Å². The monoisotopic (exact) mass is 292 g/mol. The molecule has 108 valence electrons. The van der Waals surface area contributed by atoms with Crippen LogP contribution in [-0.4, -0.2) is 35.8 Å². The number of carbonyl (C=O) groups excluding carboxylic acids is 2. The zero-order valence-corrected chi connectivity index (χ0v) is 12.8. The summed E-state index contributed by atoms with van der Waals surface area (Å²) < 4.78 is 0. The van der Waals surface area contributed by atoms with Crippen LogP contribution in [0.1, 0.15) is 39.4 Å². The van der Waals surface area contributed by atoms with E-state index in [0.29, 0.717) is 12.3 Å². The topological polar surface area (TPSA) is 49.4 Å². The Morgan fingerprint density at radius 3 is 2.90 bits per heavy atom. The van der Waals surface area contributed by atoms with Crippen LogP contribution >= 0.6 is 11.3 Å². The normalized spacial score (nSPS) is 26.1. The molecule has 5 heteroatoms. The average Bonchev–Trinajstić information content (AvgIpc) is 2.77. The second kappa shape index (κ2) is 5.20. The lowest BCUT2D eigenvalue weighted by Crippen LogP contribution is -2.55. The van der Waals surface area contributed by atoms with Crippen molar-refractivity contribution in [3.8, 4) is 0 Å². The highest BCUT2D eigenvalue weighted by atomic mass is 32.1. The first-order chi connectivity index (χ1) is 9.54. The molecule has 0 aromatic carbocycles. The van der Waals surface area contributed by atoms with E-state index in [1.54, 1.807) is 11.3 Å². The van der Waals surface area contributed by atoms with Gasteiger partial charge in [0.2, 0.25) is 5.91 Å². The molecule has 3 rings (SSSR count). The lowest BCUT2D eigenvalue weighted by molar-refractivity contribution is -0.125. The Labute approximate surface area is 123 Å². The fourth-order valence-corrected chi connectivity index (χ4v) is 4.13.